The van der Waals surface area contributed by atoms with E-state index in [0.29, 0.717) is 5.92 Å². The smallest absolute Gasteiger partial charge is 0.223 e. The first-order valence-corrected chi connectivity index (χ1v) is 7.22. The van der Waals surface area contributed by atoms with Gasteiger partial charge < -0.3 is 10.4 Å². The summed E-state index contributed by atoms with van der Waals surface area (Å²) in [6.07, 6.45) is 8.67. The van der Waals surface area contributed by atoms with Crippen molar-refractivity contribution >= 4 is 5.91 Å². The molecule has 3 aliphatic carbocycles. The summed E-state index contributed by atoms with van der Waals surface area (Å²) in [5, 5.41) is 13.0. The molecular weight excluding hydrogens is 214 g/mol. The minimum Gasteiger partial charge on any atom is -0.391 e. The number of nitrogens with one attached hydrogen (secondary N) is 1. The van der Waals surface area contributed by atoms with Gasteiger partial charge >= 0.3 is 0 Å². The van der Waals surface area contributed by atoms with Crippen LogP contribution in [0.25, 0.3) is 0 Å². The van der Waals surface area contributed by atoms with E-state index in [-0.39, 0.29) is 24.0 Å². The van der Waals surface area contributed by atoms with Crippen molar-refractivity contribution in [1.29, 1.82) is 0 Å². The van der Waals surface area contributed by atoms with Crippen molar-refractivity contribution in [3.05, 3.63) is 0 Å². The molecule has 3 saturated carbocycles. The molecule has 0 aromatic carbocycles. The standard InChI is InChI=1S/C14H23NO2/c16-13-4-2-1-3-12(13)15-14(17)11-8-9-5-6-10(11)7-9/h9-13,16H,1-8H2,(H,15,17). The van der Waals surface area contributed by atoms with E-state index in [1.165, 1.54) is 19.3 Å². The maximum atomic E-state index is 12.2. The zero-order valence-electron chi connectivity index (χ0n) is 10.4. The maximum Gasteiger partial charge on any atom is 0.223 e. The Bertz CT molecular complexity index is 305. The fourth-order valence-corrected chi connectivity index (χ4v) is 4.14. The molecule has 3 fully saturated rings. The number of hydrogen-bond donors (Lipinski definition) is 2. The number of amides is 1. The molecule has 0 spiro atoms. The number of carbonyl (C=O) groups is 1. The van der Waals surface area contributed by atoms with E-state index in [1.54, 1.807) is 0 Å². The summed E-state index contributed by atoms with van der Waals surface area (Å²) < 4.78 is 0. The number of fused-ring (bicyclic) bond motifs is 2. The summed E-state index contributed by atoms with van der Waals surface area (Å²) in [5.74, 6) is 1.93. The van der Waals surface area contributed by atoms with E-state index in [1.807, 2.05) is 0 Å². The number of hydrogen-bond acceptors (Lipinski definition) is 2. The summed E-state index contributed by atoms with van der Waals surface area (Å²) in [6, 6.07) is 0.0235. The van der Waals surface area contributed by atoms with Gasteiger partial charge in [-0.3, -0.25) is 4.79 Å². The average molecular weight is 237 g/mol. The third kappa shape index (κ3) is 2.22. The molecule has 1 amide bonds. The van der Waals surface area contributed by atoms with Gasteiger partial charge in [-0.1, -0.05) is 19.3 Å². The third-order valence-electron chi connectivity index (χ3n) is 5.13. The zero-order chi connectivity index (χ0) is 11.8. The Morgan fingerprint density at radius 3 is 2.53 bits per heavy atom. The molecule has 0 radical (unpaired) electrons. The van der Waals surface area contributed by atoms with Gasteiger partial charge in [-0.25, -0.2) is 0 Å². The van der Waals surface area contributed by atoms with Gasteiger partial charge in [0.2, 0.25) is 5.91 Å². The van der Waals surface area contributed by atoms with Gasteiger partial charge in [0.05, 0.1) is 12.1 Å². The molecule has 2 bridgehead atoms. The van der Waals surface area contributed by atoms with Crippen molar-refractivity contribution in [3.63, 3.8) is 0 Å². The van der Waals surface area contributed by atoms with Crippen LogP contribution < -0.4 is 5.32 Å². The van der Waals surface area contributed by atoms with Crippen LogP contribution in [0.15, 0.2) is 0 Å². The van der Waals surface area contributed by atoms with Crippen LogP contribution in [0.4, 0.5) is 0 Å². The van der Waals surface area contributed by atoms with E-state index < -0.39 is 0 Å². The quantitative estimate of drug-likeness (QED) is 0.770. The Morgan fingerprint density at radius 2 is 1.88 bits per heavy atom. The Morgan fingerprint density at radius 1 is 1.06 bits per heavy atom. The van der Waals surface area contributed by atoms with Gasteiger partial charge in [0.1, 0.15) is 0 Å². The van der Waals surface area contributed by atoms with Crippen molar-refractivity contribution < 1.29 is 9.90 Å². The number of carbonyl (C=O) groups excluding carboxylic acids is 1. The number of aliphatic hydroxyl groups excluding tert-OH is 1. The fraction of sp³-hybridized carbons (Fsp3) is 0.929. The van der Waals surface area contributed by atoms with Crippen LogP contribution in [0.5, 0.6) is 0 Å². The Balaban J connectivity index is 1.56. The van der Waals surface area contributed by atoms with Gasteiger partial charge in [0.15, 0.2) is 0 Å². The summed E-state index contributed by atoms with van der Waals surface area (Å²) in [6.45, 7) is 0. The summed E-state index contributed by atoms with van der Waals surface area (Å²) >= 11 is 0. The fourth-order valence-electron chi connectivity index (χ4n) is 4.14. The van der Waals surface area contributed by atoms with Gasteiger partial charge in [0, 0.05) is 5.92 Å². The van der Waals surface area contributed by atoms with E-state index in [4.69, 9.17) is 0 Å². The molecule has 5 atom stereocenters. The lowest BCUT2D eigenvalue weighted by Crippen LogP contribution is -2.47. The van der Waals surface area contributed by atoms with Crippen molar-refractivity contribution in [2.75, 3.05) is 0 Å². The van der Waals surface area contributed by atoms with Crippen LogP contribution in [0, 0.1) is 17.8 Å². The lowest BCUT2D eigenvalue weighted by Gasteiger charge is -2.30. The number of aliphatic hydroxyl groups is 1. The molecule has 2 N–H and O–H groups in total. The normalized spacial score (nSPS) is 44.9. The number of rotatable bonds is 2. The first kappa shape index (κ1) is 11.5. The molecule has 96 valence electrons. The monoisotopic (exact) mass is 237 g/mol. The minimum atomic E-state index is -0.314. The Kier molecular flexibility index (Phi) is 3.12. The highest BCUT2D eigenvalue weighted by Crippen LogP contribution is 2.48. The van der Waals surface area contributed by atoms with Crippen molar-refractivity contribution in [3.8, 4) is 0 Å². The van der Waals surface area contributed by atoms with Crippen LogP contribution in [-0.2, 0) is 4.79 Å². The highest BCUT2D eigenvalue weighted by Gasteiger charge is 2.43. The highest BCUT2D eigenvalue weighted by atomic mass is 16.3. The van der Waals surface area contributed by atoms with Crippen LogP contribution in [-0.4, -0.2) is 23.2 Å². The van der Waals surface area contributed by atoms with Gasteiger partial charge in [-0.15, -0.1) is 0 Å². The molecule has 3 aliphatic rings. The molecule has 5 unspecified atom stereocenters. The largest absolute Gasteiger partial charge is 0.391 e. The molecule has 17 heavy (non-hydrogen) atoms. The predicted octanol–water partition coefficient (Wildman–Crippen LogP) is 1.84. The van der Waals surface area contributed by atoms with Crippen molar-refractivity contribution in [2.45, 2.75) is 63.5 Å². The zero-order valence-corrected chi connectivity index (χ0v) is 10.4. The van der Waals surface area contributed by atoms with E-state index in [9.17, 15) is 9.90 Å². The molecule has 3 heteroatoms. The van der Waals surface area contributed by atoms with Crippen LogP contribution >= 0.6 is 0 Å². The second-order valence-electron chi connectivity index (χ2n) is 6.25. The molecule has 0 aliphatic heterocycles. The van der Waals surface area contributed by atoms with E-state index >= 15 is 0 Å². The SMILES string of the molecule is O=C(NC1CCCCC1O)C1CC2CCC1C2. The van der Waals surface area contributed by atoms with E-state index in [0.717, 1.165) is 38.0 Å². The highest BCUT2D eigenvalue weighted by molar-refractivity contribution is 5.79. The molecule has 0 aromatic heterocycles. The molecule has 0 heterocycles. The maximum absolute atomic E-state index is 12.2. The predicted molar refractivity (Wildman–Crippen MR) is 65.3 cm³/mol. The van der Waals surface area contributed by atoms with Crippen LogP contribution in [0.1, 0.15) is 51.4 Å². The minimum absolute atomic E-state index is 0.0235. The first-order chi connectivity index (χ1) is 8.24. The molecule has 3 nitrogen and oxygen atoms in total. The molecule has 0 aromatic rings. The third-order valence-corrected chi connectivity index (χ3v) is 5.13. The molecule has 0 saturated heterocycles. The summed E-state index contributed by atoms with van der Waals surface area (Å²) in [4.78, 5) is 12.2. The van der Waals surface area contributed by atoms with Gasteiger partial charge in [-0.2, -0.15) is 0 Å². The van der Waals surface area contributed by atoms with E-state index in [2.05, 4.69) is 5.32 Å². The van der Waals surface area contributed by atoms with Crippen molar-refractivity contribution in [2.24, 2.45) is 17.8 Å². The molecule has 3 rings (SSSR count). The average Bonchev–Trinajstić information content (AvgIpc) is 2.94. The Hall–Kier alpha value is -0.570. The lowest BCUT2D eigenvalue weighted by atomic mass is 9.87. The molecular formula is C14H23NO2. The second-order valence-corrected chi connectivity index (χ2v) is 6.25. The topological polar surface area (TPSA) is 49.3 Å². The van der Waals surface area contributed by atoms with Crippen LogP contribution in [0.2, 0.25) is 0 Å². The first-order valence-electron chi connectivity index (χ1n) is 7.22. The summed E-state index contributed by atoms with van der Waals surface area (Å²) in [5.41, 5.74) is 0. The summed E-state index contributed by atoms with van der Waals surface area (Å²) in [7, 11) is 0. The van der Waals surface area contributed by atoms with Gasteiger partial charge in [0.25, 0.3) is 0 Å². The van der Waals surface area contributed by atoms with Gasteiger partial charge in [-0.05, 0) is 43.9 Å². The Labute approximate surface area is 103 Å². The second kappa shape index (κ2) is 4.60. The van der Waals surface area contributed by atoms with Crippen molar-refractivity contribution in [1.82, 2.24) is 5.32 Å². The van der Waals surface area contributed by atoms with Crippen LogP contribution in [0.3, 0.4) is 0 Å². The lowest BCUT2D eigenvalue weighted by molar-refractivity contribution is -0.128.